The highest BCUT2D eigenvalue weighted by molar-refractivity contribution is 5.41. The number of rotatable bonds is 4. The molecule has 0 bridgehead atoms. The van der Waals surface area contributed by atoms with Crippen LogP contribution in [0.1, 0.15) is 0 Å². The lowest BCUT2D eigenvalue weighted by Gasteiger charge is -2.04. The molecule has 1 rings (SSSR count). The summed E-state index contributed by atoms with van der Waals surface area (Å²) >= 11 is 0. The van der Waals surface area contributed by atoms with Gasteiger partial charge in [0.25, 0.3) is 0 Å². The van der Waals surface area contributed by atoms with E-state index in [0.717, 1.165) is 0 Å². The molecule has 1 aromatic rings. The summed E-state index contributed by atoms with van der Waals surface area (Å²) in [7, 11) is 1.63. The summed E-state index contributed by atoms with van der Waals surface area (Å²) < 4.78 is 10.1. The summed E-state index contributed by atoms with van der Waals surface area (Å²) in [5.41, 5.74) is 6.08. The predicted octanol–water partition coefficient (Wildman–Crippen LogP) is 1.09. The lowest BCUT2D eigenvalue weighted by molar-refractivity contribution is 0.146. The zero-order valence-corrected chi connectivity index (χ0v) is 7.04. The highest BCUT2D eigenvalue weighted by Gasteiger charge is 1.93. The van der Waals surface area contributed by atoms with Gasteiger partial charge in [-0.2, -0.15) is 0 Å². The van der Waals surface area contributed by atoms with E-state index in [0.29, 0.717) is 24.7 Å². The molecule has 0 saturated heterocycles. The van der Waals surface area contributed by atoms with Gasteiger partial charge in [0.1, 0.15) is 12.4 Å². The Bertz CT molecular complexity index is 238. The molecule has 0 aliphatic carbocycles. The summed E-state index contributed by atoms with van der Waals surface area (Å²) in [6.07, 6.45) is 0. The molecule has 0 heterocycles. The molecule has 0 unspecified atom stereocenters. The summed E-state index contributed by atoms with van der Waals surface area (Å²) in [5.74, 6) is 0.659. The van der Waals surface area contributed by atoms with Crippen LogP contribution in [0.3, 0.4) is 0 Å². The van der Waals surface area contributed by atoms with E-state index in [1.54, 1.807) is 13.2 Å². The fraction of sp³-hybridized carbons (Fsp3) is 0.333. The van der Waals surface area contributed by atoms with Gasteiger partial charge in [-0.25, -0.2) is 0 Å². The number of nitrogen functional groups attached to an aromatic ring is 1. The number of ether oxygens (including phenoxy) is 2. The molecule has 3 heteroatoms. The SMILES string of the molecule is COCCOc1[c]c(N)ccc1. The van der Waals surface area contributed by atoms with Gasteiger partial charge in [0.05, 0.1) is 12.7 Å². The Morgan fingerprint density at radius 1 is 1.42 bits per heavy atom. The van der Waals surface area contributed by atoms with Crippen molar-refractivity contribution >= 4 is 5.69 Å². The number of hydrogen-bond donors (Lipinski definition) is 1. The van der Waals surface area contributed by atoms with Gasteiger partial charge in [0.2, 0.25) is 0 Å². The average Bonchev–Trinajstić information content (AvgIpc) is 2.05. The van der Waals surface area contributed by atoms with Crippen LogP contribution in [0.25, 0.3) is 0 Å². The Hall–Kier alpha value is -1.22. The van der Waals surface area contributed by atoms with Gasteiger partial charge in [0, 0.05) is 12.8 Å². The van der Waals surface area contributed by atoms with E-state index in [9.17, 15) is 0 Å². The molecule has 0 atom stereocenters. The summed E-state index contributed by atoms with van der Waals surface area (Å²) in [4.78, 5) is 0. The number of anilines is 1. The molecule has 0 spiro atoms. The Morgan fingerprint density at radius 3 is 2.92 bits per heavy atom. The van der Waals surface area contributed by atoms with Crippen molar-refractivity contribution in [1.82, 2.24) is 0 Å². The molecule has 0 aliphatic heterocycles. The zero-order chi connectivity index (χ0) is 8.81. The normalized spacial score (nSPS) is 9.75. The van der Waals surface area contributed by atoms with Crippen molar-refractivity contribution in [2.24, 2.45) is 0 Å². The number of benzene rings is 1. The van der Waals surface area contributed by atoms with Gasteiger partial charge in [-0.1, -0.05) is 6.07 Å². The maximum Gasteiger partial charge on any atom is 0.129 e. The predicted molar refractivity (Wildman–Crippen MR) is 47.1 cm³/mol. The smallest absolute Gasteiger partial charge is 0.129 e. The fourth-order valence-electron chi connectivity index (χ4n) is 0.784. The number of nitrogens with two attached hydrogens (primary N) is 1. The molecule has 0 aliphatic rings. The molecular weight excluding hydrogens is 154 g/mol. The Balaban J connectivity index is 2.41. The molecule has 0 amide bonds. The average molecular weight is 166 g/mol. The maximum atomic E-state index is 5.50. The van der Waals surface area contributed by atoms with Crippen molar-refractivity contribution < 1.29 is 9.47 Å². The highest BCUT2D eigenvalue weighted by atomic mass is 16.5. The maximum absolute atomic E-state index is 5.50. The van der Waals surface area contributed by atoms with Crippen LogP contribution in [-0.2, 0) is 4.74 Å². The van der Waals surface area contributed by atoms with Gasteiger partial charge in [-0.15, -0.1) is 0 Å². The second-order valence-electron chi connectivity index (χ2n) is 2.31. The lowest BCUT2D eigenvalue weighted by Crippen LogP contribution is -2.04. The number of hydrogen-bond acceptors (Lipinski definition) is 3. The minimum atomic E-state index is 0.524. The van der Waals surface area contributed by atoms with Crippen LogP contribution in [0.15, 0.2) is 18.2 Å². The van der Waals surface area contributed by atoms with Crippen molar-refractivity contribution in [3.63, 3.8) is 0 Å². The molecular formula is C9H12NO2. The second-order valence-corrected chi connectivity index (χ2v) is 2.31. The van der Waals surface area contributed by atoms with E-state index >= 15 is 0 Å². The minimum Gasteiger partial charge on any atom is -0.490 e. The minimum absolute atomic E-state index is 0.524. The van der Waals surface area contributed by atoms with E-state index in [2.05, 4.69) is 6.07 Å². The van der Waals surface area contributed by atoms with E-state index in [1.165, 1.54) is 0 Å². The summed E-state index contributed by atoms with van der Waals surface area (Å²) in [6.45, 7) is 1.10. The molecule has 12 heavy (non-hydrogen) atoms. The Labute approximate surface area is 72.1 Å². The third-order valence-electron chi connectivity index (χ3n) is 1.34. The van der Waals surface area contributed by atoms with Gasteiger partial charge in [-0.05, 0) is 12.1 Å². The molecule has 1 aromatic carbocycles. The first-order valence-corrected chi connectivity index (χ1v) is 3.72. The molecule has 0 saturated carbocycles. The van der Waals surface area contributed by atoms with Crippen molar-refractivity contribution in [3.05, 3.63) is 24.3 Å². The van der Waals surface area contributed by atoms with Crippen molar-refractivity contribution in [3.8, 4) is 5.75 Å². The Kier molecular flexibility index (Phi) is 3.41. The van der Waals surface area contributed by atoms with Crippen molar-refractivity contribution in [1.29, 1.82) is 0 Å². The van der Waals surface area contributed by atoms with Gasteiger partial charge in [0.15, 0.2) is 0 Å². The Morgan fingerprint density at radius 2 is 2.25 bits per heavy atom. The highest BCUT2D eigenvalue weighted by Crippen LogP contribution is 2.12. The first-order chi connectivity index (χ1) is 5.83. The molecule has 2 N–H and O–H groups in total. The van der Waals surface area contributed by atoms with Crippen LogP contribution < -0.4 is 10.5 Å². The van der Waals surface area contributed by atoms with Crippen molar-refractivity contribution in [2.75, 3.05) is 26.1 Å². The fourth-order valence-corrected chi connectivity index (χ4v) is 0.784. The lowest BCUT2D eigenvalue weighted by atomic mass is 10.3. The first kappa shape index (κ1) is 8.87. The van der Waals surface area contributed by atoms with Crippen LogP contribution in [0.2, 0.25) is 0 Å². The molecule has 0 aromatic heterocycles. The zero-order valence-electron chi connectivity index (χ0n) is 7.04. The van der Waals surface area contributed by atoms with Gasteiger partial charge >= 0.3 is 0 Å². The van der Waals surface area contributed by atoms with Crippen LogP contribution >= 0.6 is 0 Å². The van der Waals surface area contributed by atoms with E-state index in [-0.39, 0.29) is 0 Å². The number of methoxy groups -OCH3 is 1. The third kappa shape index (κ3) is 2.80. The topological polar surface area (TPSA) is 44.5 Å². The van der Waals surface area contributed by atoms with Crippen LogP contribution in [0.4, 0.5) is 5.69 Å². The molecule has 3 nitrogen and oxygen atoms in total. The van der Waals surface area contributed by atoms with Gasteiger partial charge < -0.3 is 15.2 Å². The summed E-state index contributed by atoms with van der Waals surface area (Å²) in [6, 6.07) is 8.27. The van der Waals surface area contributed by atoms with Gasteiger partial charge in [-0.3, -0.25) is 0 Å². The molecule has 1 radical (unpaired) electrons. The standard InChI is InChI=1S/C9H12NO2/c1-11-5-6-12-9-4-2-3-8(10)7-9/h2-4H,5-6,10H2,1H3. The molecule has 0 fully saturated rings. The third-order valence-corrected chi connectivity index (χ3v) is 1.34. The van der Waals surface area contributed by atoms with Crippen LogP contribution in [0.5, 0.6) is 5.75 Å². The molecule has 65 valence electrons. The van der Waals surface area contributed by atoms with E-state index in [4.69, 9.17) is 15.2 Å². The van der Waals surface area contributed by atoms with E-state index in [1.807, 2.05) is 12.1 Å². The van der Waals surface area contributed by atoms with Crippen molar-refractivity contribution in [2.45, 2.75) is 0 Å². The largest absolute Gasteiger partial charge is 0.490 e. The van der Waals surface area contributed by atoms with Crippen LogP contribution in [-0.4, -0.2) is 20.3 Å². The van der Waals surface area contributed by atoms with E-state index < -0.39 is 0 Å². The summed E-state index contributed by atoms with van der Waals surface area (Å²) in [5, 5.41) is 0. The second kappa shape index (κ2) is 4.62. The monoisotopic (exact) mass is 166 g/mol. The first-order valence-electron chi connectivity index (χ1n) is 3.72. The van der Waals surface area contributed by atoms with Crippen LogP contribution in [0, 0.1) is 6.07 Å². The quantitative estimate of drug-likeness (QED) is 0.538.